The predicted octanol–water partition coefficient (Wildman–Crippen LogP) is 0.887. The van der Waals surface area contributed by atoms with Gasteiger partial charge in [0.2, 0.25) is 10.0 Å². The number of hydrogen-bond donors (Lipinski definition) is 3. The average Bonchev–Trinajstić information content (AvgIpc) is 2.92. The molecule has 1 saturated carbocycles. The maximum Gasteiger partial charge on any atom is 0.345 e. The minimum atomic E-state index is -3.67. The first-order valence-corrected chi connectivity index (χ1v) is 8.17. The van der Waals surface area contributed by atoms with Crippen LogP contribution in [0.15, 0.2) is 16.3 Å². The summed E-state index contributed by atoms with van der Waals surface area (Å²) in [6.07, 6.45) is 2.39. The van der Waals surface area contributed by atoms with Gasteiger partial charge in [-0.1, -0.05) is 0 Å². The minimum Gasteiger partial charge on any atom is -0.477 e. The summed E-state index contributed by atoms with van der Waals surface area (Å²) in [5, 5.41) is 19.0. The first kappa shape index (κ1) is 14.4. The lowest BCUT2D eigenvalue weighted by molar-refractivity contribution is 0.0702. The Bertz CT molecular complexity index is 574. The van der Waals surface area contributed by atoms with E-state index in [0.29, 0.717) is 6.42 Å². The number of aromatic carboxylic acids is 1. The molecule has 0 saturated heterocycles. The van der Waals surface area contributed by atoms with E-state index in [0.717, 1.165) is 30.2 Å². The largest absolute Gasteiger partial charge is 0.477 e. The highest BCUT2D eigenvalue weighted by molar-refractivity contribution is 7.89. The fourth-order valence-electron chi connectivity index (χ4n) is 1.83. The Balaban J connectivity index is 2.03. The van der Waals surface area contributed by atoms with Crippen LogP contribution in [-0.4, -0.2) is 37.8 Å². The third kappa shape index (κ3) is 3.33. The Morgan fingerprint density at radius 1 is 1.47 bits per heavy atom. The minimum absolute atomic E-state index is 0.00290. The fourth-order valence-corrected chi connectivity index (χ4v) is 4.10. The molecule has 1 aromatic rings. The second kappa shape index (κ2) is 5.20. The van der Waals surface area contributed by atoms with Crippen LogP contribution in [0.25, 0.3) is 0 Å². The van der Waals surface area contributed by atoms with Crippen molar-refractivity contribution in [3.8, 4) is 0 Å². The van der Waals surface area contributed by atoms with Crippen molar-refractivity contribution in [1.82, 2.24) is 4.72 Å². The van der Waals surface area contributed by atoms with Crippen LogP contribution in [-0.2, 0) is 10.0 Å². The smallest absolute Gasteiger partial charge is 0.345 e. The highest BCUT2D eigenvalue weighted by Gasteiger charge is 2.42. The lowest BCUT2D eigenvalue weighted by atomic mass is 10.0. The standard InChI is InChI=1S/C11H15NO5S2/c13-4-3-11(1-2-11)7-12-19(16,17)8-5-9(10(14)15)18-6-8/h5-6,12-13H,1-4,7H2,(H,14,15). The molecule has 19 heavy (non-hydrogen) atoms. The van der Waals surface area contributed by atoms with Crippen LogP contribution in [0.3, 0.4) is 0 Å². The van der Waals surface area contributed by atoms with Gasteiger partial charge in [0.1, 0.15) is 4.88 Å². The number of aliphatic hydroxyl groups is 1. The summed E-state index contributed by atoms with van der Waals surface area (Å²) in [5.41, 5.74) is -0.118. The summed E-state index contributed by atoms with van der Waals surface area (Å²) in [7, 11) is -3.67. The summed E-state index contributed by atoms with van der Waals surface area (Å²) in [6.45, 7) is 0.331. The third-order valence-corrected chi connectivity index (χ3v) is 5.78. The molecule has 0 spiro atoms. The summed E-state index contributed by atoms with van der Waals surface area (Å²) in [6, 6.07) is 1.15. The Morgan fingerprint density at radius 3 is 2.63 bits per heavy atom. The molecule has 0 radical (unpaired) electrons. The molecule has 1 heterocycles. The summed E-state index contributed by atoms with van der Waals surface area (Å²) in [4.78, 5) is 10.7. The zero-order valence-corrected chi connectivity index (χ0v) is 11.8. The molecular formula is C11H15NO5S2. The van der Waals surface area contributed by atoms with E-state index in [1.165, 1.54) is 5.38 Å². The van der Waals surface area contributed by atoms with Crippen LogP contribution in [0.2, 0.25) is 0 Å². The average molecular weight is 305 g/mol. The van der Waals surface area contributed by atoms with Crippen LogP contribution in [0.5, 0.6) is 0 Å². The van der Waals surface area contributed by atoms with Gasteiger partial charge < -0.3 is 10.2 Å². The molecule has 6 nitrogen and oxygen atoms in total. The van der Waals surface area contributed by atoms with Crippen LogP contribution in [0.4, 0.5) is 0 Å². The molecule has 3 N–H and O–H groups in total. The maximum atomic E-state index is 12.0. The van der Waals surface area contributed by atoms with E-state index in [2.05, 4.69) is 4.72 Å². The number of sulfonamides is 1. The zero-order chi connectivity index (χ0) is 14.1. The van der Waals surface area contributed by atoms with Gasteiger partial charge in [0.05, 0.1) is 4.90 Å². The van der Waals surface area contributed by atoms with Gasteiger partial charge in [-0.15, -0.1) is 11.3 Å². The second-order valence-electron chi connectivity index (χ2n) is 4.75. The number of thiophene rings is 1. The van der Waals surface area contributed by atoms with Gasteiger partial charge in [-0.25, -0.2) is 17.9 Å². The van der Waals surface area contributed by atoms with Gasteiger partial charge >= 0.3 is 5.97 Å². The Kier molecular flexibility index (Phi) is 3.95. The van der Waals surface area contributed by atoms with E-state index in [1.807, 2.05) is 0 Å². The van der Waals surface area contributed by atoms with Crippen molar-refractivity contribution in [3.05, 3.63) is 16.3 Å². The molecule has 0 unspecified atom stereocenters. The van der Waals surface area contributed by atoms with Crippen molar-refractivity contribution in [3.63, 3.8) is 0 Å². The van der Waals surface area contributed by atoms with Gasteiger partial charge in [-0.2, -0.15) is 0 Å². The lowest BCUT2D eigenvalue weighted by Crippen LogP contribution is -2.30. The molecule has 1 fully saturated rings. The molecule has 106 valence electrons. The van der Waals surface area contributed by atoms with Crippen molar-refractivity contribution in [2.75, 3.05) is 13.2 Å². The van der Waals surface area contributed by atoms with Gasteiger partial charge in [0.15, 0.2) is 0 Å². The molecule has 0 atom stereocenters. The van der Waals surface area contributed by atoms with Crippen LogP contribution in [0.1, 0.15) is 28.9 Å². The molecule has 0 aromatic carbocycles. The molecule has 0 bridgehead atoms. The Labute approximate surface area is 115 Å². The van der Waals surface area contributed by atoms with Gasteiger partial charge in [0.25, 0.3) is 0 Å². The van der Waals surface area contributed by atoms with Gasteiger partial charge in [-0.05, 0) is 30.7 Å². The lowest BCUT2D eigenvalue weighted by Gasteiger charge is -2.14. The van der Waals surface area contributed by atoms with Crippen molar-refractivity contribution >= 4 is 27.3 Å². The molecule has 8 heteroatoms. The molecule has 0 aliphatic heterocycles. The summed E-state index contributed by atoms with van der Waals surface area (Å²) in [5.74, 6) is -1.13. The second-order valence-corrected chi connectivity index (χ2v) is 7.43. The maximum absolute atomic E-state index is 12.0. The van der Waals surface area contributed by atoms with E-state index in [9.17, 15) is 13.2 Å². The molecule has 1 aliphatic carbocycles. The predicted molar refractivity (Wildman–Crippen MR) is 69.8 cm³/mol. The highest BCUT2D eigenvalue weighted by Crippen LogP contribution is 2.48. The van der Waals surface area contributed by atoms with Crippen LogP contribution >= 0.6 is 11.3 Å². The number of hydrogen-bond acceptors (Lipinski definition) is 5. The summed E-state index contributed by atoms with van der Waals surface area (Å²) < 4.78 is 26.5. The number of aliphatic hydroxyl groups excluding tert-OH is 1. The molecular weight excluding hydrogens is 290 g/mol. The van der Waals surface area contributed by atoms with E-state index < -0.39 is 16.0 Å². The molecule has 0 amide bonds. The summed E-state index contributed by atoms with van der Waals surface area (Å²) >= 11 is 0.885. The van der Waals surface area contributed by atoms with E-state index >= 15 is 0 Å². The van der Waals surface area contributed by atoms with E-state index in [-0.39, 0.29) is 28.3 Å². The number of carbonyl (C=O) groups is 1. The number of carboxylic acids is 1. The molecule has 1 aromatic heterocycles. The van der Waals surface area contributed by atoms with Crippen LogP contribution < -0.4 is 4.72 Å². The van der Waals surface area contributed by atoms with Crippen molar-refractivity contribution < 1.29 is 23.4 Å². The van der Waals surface area contributed by atoms with Gasteiger partial charge in [0, 0.05) is 18.5 Å². The fraction of sp³-hybridized carbons (Fsp3) is 0.545. The monoisotopic (exact) mass is 305 g/mol. The van der Waals surface area contributed by atoms with Gasteiger partial charge in [-0.3, -0.25) is 0 Å². The quantitative estimate of drug-likeness (QED) is 0.694. The normalized spacial score (nSPS) is 17.3. The van der Waals surface area contributed by atoms with E-state index in [4.69, 9.17) is 10.2 Å². The third-order valence-electron chi connectivity index (χ3n) is 3.33. The topological polar surface area (TPSA) is 104 Å². The zero-order valence-electron chi connectivity index (χ0n) is 10.1. The number of rotatable bonds is 7. The van der Waals surface area contributed by atoms with Crippen molar-refractivity contribution in [1.29, 1.82) is 0 Å². The highest BCUT2D eigenvalue weighted by atomic mass is 32.2. The SMILES string of the molecule is O=C(O)c1cc(S(=O)(=O)NCC2(CCO)CC2)cs1. The number of carboxylic acid groups (broad SMARTS) is 1. The molecule has 2 rings (SSSR count). The van der Waals surface area contributed by atoms with Crippen molar-refractivity contribution in [2.24, 2.45) is 5.41 Å². The number of nitrogens with one attached hydrogen (secondary N) is 1. The molecule has 1 aliphatic rings. The first-order valence-electron chi connectivity index (χ1n) is 5.81. The van der Waals surface area contributed by atoms with Crippen molar-refractivity contribution in [2.45, 2.75) is 24.2 Å². The Hall–Kier alpha value is -0.960. The Morgan fingerprint density at radius 2 is 2.16 bits per heavy atom. The van der Waals surface area contributed by atoms with Crippen LogP contribution in [0, 0.1) is 5.41 Å². The van der Waals surface area contributed by atoms with E-state index in [1.54, 1.807) is 0 Å². The first-order chi connectivity index (χ1) is 8.88.